The second-order valence-corrected chi connectivity index (χ2v) is 5.92. The number of likely N-dealkylation sites (tertiary alicyclic amines) is 1. The maximum atomic E-state index is 9.80. The number of rotatable bonds is 3. The fourth-order valence-corrected chi connectivity index (χ4v) is 3.25. The highest BCUT2D eigenvalue weighted by Gasteiger charge is 2.25. The fourth-order valence-electron chi connectivity index (χ4n) is 3.25. The van der Waals surface area contributed by atoms with E-state index in [2.05, 4.69) is 11.8 Å². The van der Waals surface area contributed by atoms with Crippen molar-refractivity contribution in [1.82, 2.24) is 4.90 Å². The van der Waals surface area contributed by atoms with Crippen LogP contribution < -0.4 is 0 Å². The smallest absolute Gasteiger partial charge is 0.0568 e. The van der Waals surface area contributed by atoms with Gasteiger partial charge in [-0.05, 0) is 70.0 Å². The van der Waals surface area contributed by atoms with Crippen LogP contribution in [0.5, 0.6) is 0 Å². The molecule has 2 fully saturated rings. The first-order valence-electron chi connectivity index (χ1n) is 7.16. The predicted molar refractivity (Wildman–Crippen MR) is 67.4 cm³/mol. The van der Waals surface area contributed by atoms with Gasteiger partial charge in [0.05, 0.1) is 6.10 Å². The lowest BCUT2D eigenvalue weighted by atomic mass is 10.0. The summed E-state index contributed by atoms with van der Waals surface area (Å²) in [6.45, 7) is 6.16. The maximum Gasteiger partial charge on any atom is 0.0568 e. The van der Waals surface area contributed by atoms with E-state index in [1.54, 1.807) is 0 Å². The van der Waals surface area contributed by atoms with Gasteiger partial charge in [0.2, 0.25) is 0 Å². The highest BCUT2D eigenvalue weighted by molar-refractivity contribution is 4.78. The molecule has 1 aliphatic carbocycles. The van der Waals surface area contributed by atoms with Gasteiger partial charge in [-0.3, -0.25) is 0 Å². The second-order valence-electron chi connectivity index (χ2n) is 5.92. The molecule has 0 aromatic rings. The van der Waals surface area contributed by atoms with Crippen LogP contribution in [0.15, 0.2) is 0 Å². The Bertz CT molecular complexity index is 207. The number of nitrogens with zero attached hydrogens (tertiary/aromatic N) is 1. The van der Waals surface area contributed by atoms with Crippen molar-refractivity contribution >= 4 is 0 Å². The summed E-state index contributed by atoms with van der Waals surface area (Å²) >= 11 is 0. The van der Waals surface area contributed by atoms with Crippen LogP contribution >= 0.6 is 0 Å². The van der Waals surface area contributed by atoms with Gasteiger partial charge in [-0.15, -0.1) is 0 Å². The number of aliphatic hydroxyl groups excluding tert-OH is 1. The molecule has 1 saturated heterocycles. The Morgan fingerprint density at radius 3 is 2.69 bits per heavy atom. The highest BCUT2D eigenvalue weighted by Crippen LogP contribution is 2.28. The van der Waals surface area contributed by atoms with E-state index in [9.17, 15) is 5.11 Å². The molecule has 94 valence electrons. The molecule has 1 aliphatic heterocycles. The van der Waals surface area contributed by atoms with Gasteiger partial charge in [0.1, 0.15) is 0 Å². The van der Waals surface area contributed by atoms with E-state index in [0.29, 0.717) is 5.92 Å². The lowest BCUT2D eigenvalue weighted by Crippen LogP contribution is -2.28. The van der Waals surface area contributed by atoms with Crippen LogP contribution in [0.1, 0.15) is 51.9 Å². The molecule has 3 unspecified atom stereocenters. The molecule has 2 rings (SSSR count). The average molecular weight is 225 g/mol. The first kappa shape index (κ1) is 12.4. The number of hydrogen-bond donors (Lipinski definition) is 1. The molecule has 1 N–H and O–H groups in total. The summed E-state index contributed by atoms with van der Waals surface area (Å²) in [6.07, 6.45) is 8.90. The van der Waals surface area contributed by atoms with Gasteiger partial charge in [-0.1, -0.05) is 13.3 Å². The first-order chi connectivity index (χ1) is 7.75. The molecule has 2 aliphatic rings. The summed E-state index contributed by atoms with van der Waals surface area (Å²) in [5, 5.41) is 9.80. The molecule has 0 aromatic carbocycles. The zero-order valence-electron chi connectivity index (χ0n) is 10.7. The van der Waals surface area contributed by atoms with Gasteiger partial charge < -0.3 is 10.0 Å². The fraction of sp³-hybridized carbons (Fsp3) is 1.00. The van der Waals surface area contributed by atoms with Crippen molar-refractivity contribution in [2.24, 2.45) is 11.8 Å². The van der Waals surface area contributed by atoms with Crippen molar-refractivity contribution < 1.29 is 5.11 Å². The minimum atomic E-state index is 0.00546. The van der Waals surface area contributed by atoms with E-state index in [1.807, 2.05) is 0 Å². The van der Waals surface area contributed by atoms with Crippen molar-refractivity contribution in [3.8, 4) is 0 Å². The summed E-state index contributed by atoms with van der Waals surface area (Å²) in [6, 6.07) is 0. The lowest BCUT2D eigenvalue weighted by Gasteiger charge is -2.23. The van der Waals surface area contributed by atoms with Crippen LogP contribution in [-0.2, 0) is 0 Å². The Hall–Kier alpha value is -0.0800. The van der Waals surface area contributed by atoms with Crippen molar-refractivity contribution in [3.05, 3.63) is 0 Å². The minimum Gasteiger partial charge on any atom is -0.393 e. The van der Waals surface area contributed by atoms with E-state index >= 15 is 0 Å². The third kappa shape index (κ3) is 3.46. The Morgan fingerprint density at radius 2 is 1.94 bits per heavy atom. The maximum absolute atomic E-state index is 9.80. The standard InChI is InChI=1S/C14H27NO/c1-12-4-3-9-15(10-7-12)11-8-13-5-2-6-14(13)16/h12-14,16H,2-11H2,1H3. The van der Waals surface area contributed by atoms with Gasteiger partial charge in [-0.25, -0.2) is 0 Å². The van der Waals surface area contributed by atoms with Gasteiger partial charge >= 0.3 is 0 Å². The Kier molecular flexibility index (Phi) is 4.66. The molecular weight excluding hydrogens is 198 g/mol. The SMILES string of the molecule is CC1CCCN(CCC2CCCC2O)CC1. The largest absolute Gasteiger partial charge is 0.393 e. The molecule has 0 amide bonds. The Balaban J connectivity index is 1.68. The molecule has 0 aromatic heterocycles. The van der Waals surface area contributed by atoms with Crippen LogP contribution in [-0.4, -0.2) is 35.7 Å². The highest BCUT2D eigenvalue weighted by atomic mass is 16.3. The predicted octanol–water partition coefficient (Wildman–Crippen LogP) is 2.66. The Morgan fingerprint density at radius 1 is 1.06 bits per heavy atom. The molecule has 16 heavy (non-hydrogen) atoms. The van der Waals surface area contributed by atoms with Crippen LogP contribution in [0.3, 0.4) is 0 Å². The van der Waals surface area contributed by atoms with Crippen LogP contribution in [0, 0.1) is 11.8 Å². The number of aliphatic hydroxyl groups is 1. The lowest BCUT2D eigenvalue weighted by molar-refractivity contribution is 0.118. The molecule has 0 spiro atoms. The zero-order valence-corrected chi connectivity index (χ0v) is 10.7. The van der Waals surface area contributed by atoms with E-state index < -0.39 is 0 Å². The molecule has 2 heteroatoms. The van der Waals surface area contributed by atoms with Crippen molar-refractivity contribution in [2.75, 3.05) is 19.6 Å². The zero-order chi connectivity index (χ0) is 11.4. The molecular formula is C14H27NO. The van der Waals surface area contributed by atoms with Gasteiger partial charge in [0.15, 0.2) is 0 Å². The summed E-state index contributed by atoms with van der Waals surface area (Å²) in [7, 11) is 0. The van der Waals surface area contributed by atoms with Gasteiger partial charge in [-0.2, -0.15) is 0 Å². The topological polar surface area (TPSA) is 23.5 Å². The van der Waals surface area contributed by atoms with E-state index in [4.69, 9.17) is 0 Å². The molecule has 0 radical (unpaired) electrons. The minimum absolute atomic E-state index is 0.00546. The van der Waals surface area contributed by atoms with E-state index in [1.165, 1.54) is 58.2 Å². The van der Waals surface area contributed by atoms with Crippen LogP contribution in [0.2, 0.25) is 0 Å². The first-order valence-corrected chi connectivity index (χ1v) is 7.16. The van der Waals surface area contributed by atoms with Crippen LogP contribution in [0.4, 0.5) is 0 Å². The van der Waals surface area contributed by atoms with Crippen molar-refractivity contribution in [2.45, 2.75) is 58.0 Å². The molecule has 2 nitrogen and oxygen atoms in total. The van der Waals surface area contributed by atoms with Gasteiger partial charge in [0, 0.05) is 0 Å². The van der Waals surface area contributed by atoms with Crippen molar-refractivity contribution in [3.63, 3.8) is 0 Å². The normalized spacial score (nSPS) is 37.5. The molecule has 1 saturated carbocycles. The summed E-state index contributed by atoms with van der Waals surface area (Å²) in [5.41, 5.74) is 0. The third-order valence-electron chi connectivity index (χ3n) is 4.54. The van der Waals surface area contributed by atoms with Gasteiger partial charge in [0.25, 0.3) is 0 Å². The summed E-state index contributed by atoms with van der Waals surface area (Å²) < 4.78 is 0. The summed E-state index contributed by atoms with van der Waals surface area (Å²) in [5.74, 6) is 1.52. The van der Waals surface area contributed by atoms with Crippen molar-refractivity contribution in [1.29, 1.82) is 0 Å². The molecule has 3 atom stereocenters. The molecule has 0 bridgehead atoms. The summed E-state index contributed by atoms with van der Waals surface area (Å²) in [4.78, 5) is 2.62. The Labute approximate surface area is 100 Å². The molecule has 1 heterocycles. The quantitative estimate of drug-likeness (QED) is 0.798. The monoisotopic (exact) mass is 225 g/mol. The third-order valence-corrected chi connectivity index (χ3v) is 4.54. The number of hydrogen-bond acceptors (Lipinski definition) is 2. The average Bonchev–Trinajstić information content (AvgIpc) is 2.55. The van der Waals surface area contributed by atoms with E-state index in [-0.39, 0.29) is 6.10 Å². The second kappa shape index (κ2) is 6.02. The van der Waals surface area contributed by atoms with E-state index in [0.717, 1.165) is 12.3 Å². The van der Waals surface area contributed by atoms with Crippen LogP contribution in [0.25, 0.3) is 0 Å².